The summed E-state index contributed by atoms with van der Waals surface area (Å²) in [4.78, 5) is 21.4. The Morgan fingerprint density at radius 1 is 1.29 bits per heavy atom. The van der Waals surface area contributed by atoms with E-state index in [2.05, 4.69) is 25.5 Å². The van der Waals surface area contributed by atoms with Crippen molar-refractivity contribution in [2.75, 3.05) is 11.9 Å². The van der Waals surface area contributed by atoms with Gasteiger partial charge in [0, 0.05) is 24.0 Å². The van der Waals surface area contributed by atoms with Crippen molar-refractivity contribution in [3.05, 3.63) is 87.4 Å². The summed E-state index contributed by atoms with van der Waals surface area (Å²) in [6, 6.07) is 8.22. The second kappa shape index (κ2) is 8.66. The Hall–Kier alpha value is -3.56. The first kappa shape index (κ1) is 20.7. The van der Waals surface area contributed by atoms with Crippen LogP contribution in [-0.2, 0) is 0 Å². The Kier molecular flexibility index (Phi) is 5.79. The van der Waals surface area contributed by atoms with E-state index < -0.39 is 11.9 Å². The number of aromatic amines is 1. The number of nitrogens with zero attached hydrogens (tertiary/aromatic N) is 4. The predicted octanol–water partition coefficient (Wildman–Crippen LogP) is 3.45. The van der Waals surface area contributed by atoms with Crippen LogP contribution in [0.1, 0.15) is 17.3 Å². The van der Waals surface area contributed by atoms with Gasteiger partial charge in [-0.15, -0.1) is 0 Å². The van der Waals surface area contributed by atoms with E-state index in [4.69, 9.17) is 11.6 Å². The lowest BCUT2D eigenvalue weighted by atomic mass is 10.1. The summed E-state index contributed by atoms with van der Waals surface area (Å²) < 4.78 is 15.2. The fourth-order valence-electron chi connectivity index (χ4n) is 3.16. The van der Waals surface area contributed by atoms with E-state index >= 15 is 0 Å². The van der Waals surface area contributed by atoms with Crippen LogP contribution in [0.25, 0.3) is 11.3 Å². The van der Waals surface area contributed by atoms with E-state index in [1.165, 1.54) is 22.8 Å². The number of aliphatic hydroxyl groups is 1. The molecule has 4 rings (SSSR count). The highest BCUT2D eigenvalue weighted by Gasteiger charge is 2.16. The van der Waals surface area contributed by atoms with E-state index in [-0.39, 0.29) is 17.2 Å². The van der Waals surface area contributed by atoms with Crippen LogP contribution in [0.4, 0.5) is 16.0 Å². The van der Waals surface area contributed by atoms with Crippen LogP contribution in [0.3, 0.4) is 0 Å². The predicted molar refractivity (Wildman–Crippen MR) is 115 cm³/mol. The molecule has 0 amide bonds. The van der Waals surface area contributed by atoms with E-state index in [0.717, 1.165) is 11.4 Å². The van der Waals surface area contributed by atoms with Crippen LogP contribution >= 0.6 is 11.6 Å². The Morgan fingerprint density at radius 3 is 2.81 bits per heavy atom. The zero-order valence-corrected chi connectivity index (χ0v) is 17.1. The lowest BCUT2D eigenvalue weighted by Crippen LogP contribution is -2.27. The van der Waals surface area contributed by atoms with Crippen LogP contribution in [0.2, 0.25) is 5.02 Å². The molecule has 0 aliphatic rings. The van der Waals surface area contributed by atoms with Gasteiger partial charge >= 0.3 is 0 Å². The van der Waals surface area contributed by atoms with Gasteiger partial charge in [-0.05, 0) is 36.8 Å². The van der Waals surface area contributed by atoms with Gasteiger partial charge in [0.2, 0.25) is 5.95 Å². The maximum Gasteiger partial charge on any atom is 0.251 e. The summed E-state index contributed by atoms with van der Waals surface area (Å²) in [6.45, 7) is 1.48. The van der Waals surface area contributed by atoms with E-state index in [1.807, 2.05) is 6.92 Å². The summed E-state index contributed by atoms with van der Waals surface area (Å²) in [5.74, 6) is -0.257. The highest BCUT2D eigenvalue weighted by atomic mass is 35.5. The van der Waals surface area contributed by atoms with Gasteiger partial charge in [0.1, 0.15) is 5.82 Å². The molecule has 0 aliphatic carbocycles. The first-order valence-electron chi connectivity index (χ1n) is 9.34. The third-order valence-electron chi connectivity index (χ3n) is 4.81. The highest BCUT2D eigenvalue weighted by Crippen LogP contribution is 2.24. The summed E-state index contributed by atoms with van der Waals surface area (Å²) in [7, 11) is 0. The van der Waals surface area contributed by atoms with Crippen molar-refractivity contribution < 1.29 is 9.50 Å². The van der Waals surface area contributed by atoms with Crippen LogP contribution in [0.15, 0.2) is 59.8 Å². The van der Waals surface area contributed by atoms with Crippen LogP contribution in [-0.4, -0.2) is 36.4 Å². The number of anilines is 2. The molecule has 3 heterocycles. The molecule has 10 heteroatoms. The second-order valence-corrected chi connectivity index (χ2v) is 7.24. The fraction of sp³-hybridized carbons (Fsp3) is 0.143. The van der Waals surface area contributed by atoms with Crippen molar-refractivity contribution in [1.29, 1.82) is 0 Å². The molecule has 0 saturated heterocycles. The molecule has 1 aromatic carbocycles. The molecule has 158 valence electrons. The molecule has 0 radical (unpaired) electrons. The van der Waals surface area contributed by atoms with E-state index in [0.29, 0.717) is 22.8 Å². The molecular weight excluding hydrogens is 423 g/mol. The summed E-state index contributed by atoms with van der Waals surface area (Å²) in [6.07, 6.45) is 4.75. The number of aryl methyl sites for hydroxylation is 1. The lowest BCUT2D eigenvalue weighted by Gasteiger charge is -2.18. The number of benzene rings is 1. The smallest absolute Gasteiger partial charge is 0.251 e. The number of rotatable bonds is 6. The van der Waals surface area contributed by atoms with Gasteiger partial charge in [-0.2, -0.15) is 5.10 Å². The van der Waals surface area contributed by atoms with Gasteiger partial charge in [0.25, 0.3) is 5.56 Å². The summed E-state index contributed by atoms with van der Waals surface area (Å²) in [5.41, 5.74) is 2.77. The molecular formula is C21H18ClFN6O2. The van der Waals surface area contributed by atoms with Gasteiger partial charge in [-0.3, -0.25) is 9.89 Å². The normalized spacial score (nSPS) is 12.0. The Bertz CT molecular complexity index is 1290. The largest absolute Gasteiger partial charge is 0.394 e. The molecule has 0 fully saturated rings. The number of nitrogens with one attached hydrogen (secondary N) is 2. The highest BCUT2D eigenvalue weighted by molar-refractivity contribution is 6.30. The SMILES string of the molecule is Cc1[nH]ncc1Nc1nccc(-c2ccn(C(CO)c3ccc(Cl)c(F)c3)c(=O)c2)n1. The molecule has 3 aromatic heterocycles. The fourth-order valence-corrected chi connectivity index (χ4v) is 3.27. The Morgan fingerprint density at radius 2 is 2.13 bits per heavy atom. The van der Waals surface area contributed by atoms with Crippen LogP contribution in [0, 0.1) is 12.7 Å². The number of hydrogen-bond donors (Lipinski definition) is 3. The van der Waals surface area contributed by atoms with Gasteiger partial charge in [0.15, 0.2) is 0 Å². The van der Waals surface area contributed by atoms with Gasteiger partial charge < -0.3 is 15.0 Å². The van der Waals surface area contributed by atoms with Gasteiger partial charge in [-0.1, -0.05) is 17.7 Å². The number of hydrogen-bond acceptors (Lipinski definition) is 6. The third kappa shape index (κ3) is 4.32. The van der Waals surface area contributed by atoms with Crippen molar-refractivity contribution in [3.8, 4) is 11.3 Å². The van der Waals surface area contributed by atoms with Crippen molar-refractivity contribution in [2.24, 2.45) is 0 Å². The Labute approximate surface area is 181 Å². The average molecular weight is 441 g/mol. The number of aliphatic hydroxyl groups excluding tert-OH is 1. The average Bonchev–Trinajstić information content (AvgIpc) is 3.16. The molecule has 0 spiro atoms. The quantitative estimate of drug-likeness (QED) is 0.423. The number of aromatic nitrogens is 5. The van der Waals surface area contributed by atoms with Gasteiger partial charge in [-0.25, -0.2) is 14.4 Å². The second-order valence-electron chi connectivity index (χ2n) is 6.83. The molecule has 1 unspecified atom stereocenters. The Balaban J connectivity index is 1.64. The van der Waals surface area contributed by atoms with Crippen molar-refractivity contribution in [2.45, 2.75) is 13.0 Å². The molecule has 0 aliphatic heterocycles. The monoisotopic (exact) mass is 440 g/mol. The molecule has 1 atom stereocenters. The molecule has 0 saturated carbocycles. The van der Waals surface area contributed by atoms with Crippen molar-refractivity contribution in [3.63, 3.8) is 0 Å². The third-order valence-corrected chi connectivity index (χ3v) is 5.12. The van der Waals surface area contributed by atoms with E-state index in [9.17, 15) is 14.3 Å². The first-order chi connectivity index (χ1) is 15.0. The van der Waals surface area contributed by atoms with Crippen molar-refractivity contribution in [1.82, 2.24) is 24.7 Å². The minimum Gasteiger partial charge on any atom is -0.394 e. The summed E-state index contributed by atoms with van der Waals surface area (Å²) in [5, 5.41) is 19.6. The maximum absolute atomic E-state index is 13.8. The standard InChI is InChI=1S/C21H18ClFN6O2/c1-12-18(10-25-28-12)27-21-24-6-4-17(26-21)13-5-7-29(20(31)9-13)19(11-30)14-2-3-15(22)16(23)8-14/h2-10,19,30H,11H2,1H3,(H,25,28)(H,24,26,27). The van der Waals surface area contributed by atoms with Crippen LogP contribution < -0.4 is 10.9 Å². The zero-order valence-electron chi connectivity index (χ0n) is 16.4. The minimum absolute atomic E-state index is 0.0260. The number of H-pyrrole nitrogens is 1. The maximum atomic E-state index is 13.8. The van der Waals surface area contributed by atoms with Crippen LogP contribution in [0.5, 0.6) is 0 Å². The van der Waals surface area contributed by atoms with Crippen molar-refractivity contribution >= 4 is 23.2 Å². The molecule has 0 bridgehead atoms. The summed E-state index contributed by atoms with van der Waals surface area (Å²) >= 11 is 5.73. The molecule has 3 N–H and O–H groups in total. The zero-order chi connectivity index (χ0) is 22.0. The number of halogens is 2. The molecule has 8 nitrogen and oxygen atoms in total. The van der Waals surface area contributed by atoms with E-state index in [1.54, 1.807) is 36.8 Å². The first-order valence-corrected chi connectivity index (χ1v) is 9.72. The van der Waals surface area contributed by atoms with Gasteiger partial charge in [0.05, 0.1) is 40.9 Å². The minimum atomic E-state index is -0.750. The molecule has 31 heavy (non-hydrogen) atoms. The molecule has 4 aromatic rings. The lowest BCUT2D eigenvalue weighted by molar-refractivity contribution is 0.247. The number of pyridine rings is 1. The topological polar surface area (TPSA) is 109 Å².